The number of ether oxygens (including phenoxy) is 2. The van der Waals surface area contributed by atoms with Gasteiger partial charge in [0.1, 0.15) is 11.5 Å². The summed E-state index contributed by atoms with van der Waals surface area (Å²) in [6, 6.07) is 8.07. The molecule has 1 N–H and O–H groups in total. The molecule has 8 nitrogen and oxygen atoms in total. The van der Waals surface area contributed by atoms with Gasteiger partial charge in [-0.15, -0.1) is 0 Å². The van der Waals surface area contributed by atoms with Crippen molar-refractivity contribution in [1.82, 2.24) is 9.78 Å². The van der Waals surface area contributed by atoms with Crippen LogP contribution in [0, 0.1) is 5.82 Å². The molecule has 1 heterocycles. The number of para-hydroxylation sites is 1. The van der Waals surface area contributed by atoms with Crippen LogP contribution in [-0.4, -0.2) is 40.8 Å². The molecule has 0 fully saturated rings. The third-order valence-corrected chi connectivity index (χ3v) is 4.58. The van der Waals surface area contributed by atoms with E-state index in [0.717, 1.165) is 24.3 Å². The van der Waals surface area contributed by atoms with E-state index in [1.165, 1.54) is 18.2 Å². The maximum atomic E-state index is 14.2. The minimum atomic E-state index is -5.08. The zero-order valence-electron chi connectivity index (χ0n) is 18.5. The highest BCUT2D eigenvalue weighted by Gasteiger charge is 2.41. The molecule has 0 aliphatic heterocycles. The Kier molecular flexibility index (Phi) is 7.52. The van der Waals surface area contributed by atoms with Crippen molar-refractivity contribution >= 4 is 23.5 Å². The molecule has 35 heavy (non-hydrogen) atoms. The molecule has 3 rings (SSSR count). The van der Waals surface area contributed by atoms with Crippen LogP contribution in [0.25, 0.3) is 5.69 Å². The minimum absolute atomic E-state index is 0.0222. The Morgan fingerprint density at radius 3 is 2.06 bits per heavy atom. The molecule has 0 saturated carbocycles. The number of amides is 1. The summed E-state index contributed by atoms with van der Waals surface area (Å²) in [5.74, 6) is -3.87. The average Bonchev–Trinajstić information content (AvgIpc) is 3.25. The first-order chi connectivity index (χ1) is 16.6. The van der Waals surface area contributed by atoms with Gasteiger partial charge in [0.2, 0.25) is 0 Å². The van der Waals surface area contributed by atoms with Crippen LogP contribution in [0.1, 0.15) is 50.6 Å². The average molecular weight is 493 g/mol. The number of nitrogens with one attached hydrogen (secondary N) is 1. The molecule has 12 heteroatoms. The number of esters is 2. The van der Waals surface area contributed by atoms with Gasteiger partial charge < -0.3 is 14.8 Å². The maximum absolute atomic E-state index is 14.2. The van der Waals surface area contributed by atoms with Crippen molar-refractivity contribution in [3.63, 3.8) is 0 Å². The first-order valence-corrected chi connectivity index (χ1v) is 10.3. The molecule has 1 aromatic heterocycles. The second-order valence-electron chi connectivity index (χ2n) is 6.96. The van der Waals surface area contributed by atoms with E-state index in [0.29, 0.717) is 6.20 Å². The molecule has 0 bridgehead atoms. The van der Waals surface area contributed by atoms with E-state index in [9.17, 15) is 31.9 Å². The molecule has 0 unspecified atom stereocenters. The van der Waals surface area contributed by atoms with Crippen LogP contribution in [0.4, 0.5) is 23.2 Å². The Hall–Kier alpha value is -4.22. The number of halogens is 4. The third-order valence-electron chi connectivity index (χ3n) is 4.58. The normalized spacial score (nSPS) is 11.1. The van der Waals surface area contributed by atoms with Crippen LogP contribution < -0.4 is 5.32 Å². The SMILES string of the molecule is CCOC(=O)c1cc(NC(=O)c2cnn(-c3ccccc3F)c2C(F)(F)F)cc(C(=O)OCC)c1. The zero-order chi connectivity index (χ0) is 25.8. The molecule has 1 amide bonds. The Labute approximate surface area is 196 Å². The Balaban J connectivity index is 2.04. The number of aromatic nitrogens is 2. The summed E-state index contributed by atoms with van der Waals surface area (Å²) in [6.07, 6.45) is -4.43. The highest BCUT2D eigenvalue weighted by Crippen LogP contribution is 2.34. The van der Waals surface area contributed by atoms with Crippen molar-refractivity contribution in [2.45, 2.75) is 20.0 Å². The third kappa shape index (κ3) is 5.65. The summed E-state index contributed by atoms with van der Waals surface area (Å²) in [4.78, 5) is 37.2. The Morgan fingerprint density at radius 2 is 1.54 bits per heavy atom. The minimum Gasteiger partial charge on any atom is -0.462 e. The van der Waals surface area contributed by atoms with Gasteiger partial charge in [-0.1, -0.05) is 12.1 Å². The fraction of sp³-hybridized carbons (Fsp3) is 0.217. The quantitative estimate of drug-likeness (QED) is 0.381. The number of carbonyl (C=O) groups excluding carboxylic acids is 3. The Bertz CT molecular complexity index is 1230. The largest absolute Gasteiger partial charge is 0.462 e. The lowest BCUT2D eigenvalue weighted by atomic mass is 10.1. The molecule has 0 saturated heterocycles. The van der Waals surface area contributed by atoms with E-state index in [1.807, 2.05) is 0 Å². The van der Waals surface area contributed by atoms with E-state index in [1.54, 1.807) is 13.8 Å². The summed E-state index contributed by atoms with van der Waals surface area (Å²) >= 11 is 0. The fourth-order valence-electron chi connectivity index (χ4n) is 3.16. The monoisotopic (exact) mass is 493 g/mol. The second kappa shape index (κ2) is 10.4. The number of rotatable bonds is 7. The van der Waals surface area contributed by atoms with E-state index >= 15 is 0 Å². The van der Waals surface area contributed by atoms with Crippen molar-refractivity contribution in [1.29, 1.82) is 0 Å². The van der Waals surface area contributed by atoms with Gasteiger partial charge in [-0.05, 0) is 44.2 Å². The lowest BCUT2D eigenvalue weighted by molar-refractivity contribution is -0.143. The molecule has 3 aromatic rings. The van der Waals surface area contributed by atoms with Gasteiger partial charge in [-0.2, -0.15) is 18.3 Å². The number of hydrogen-bond acceptors (Lipinski definition) is 6. The first kappa shape index (κ1) is 25.4. The summed E-state index contributed by atoms with van der Waals surface area (Å²) < 4.78 is 65.9. The molecule has 184 valence electrons. The first-order valence-electron chi connectivity index (χ1n) is 10.3. The second-order valence-corrected chi connectivity index (χ2v) is 6.96. The van der Waals surface area contributed by atoms with Crippen molar-refractivity contribution in [3.05, 3.63) is 76.9 Å². The molecular formula is C23H19F4N3O5. The van der Waals surface area contributed by atoms with Crippen LogP contribution in [-0.2, 0) is 15.7 Å². The maximum Gasteiger partial charge on any atom is 0.434 e. The van der Waals surface area contributed by atoms with Gasteiger partial charge in [-0.25, -0.2) is 18.7 Å². The standard InChI is InChI=1S/C23H19F4N3O5/c1-3-34-21(32)13-9-14(22(33)35-4-2)11-15(10-13)29-20(31)16-12-28-30(19(16)23(25,26)27)18-8-6-5-7-17(18)24/h5-12H,3-4H2,1-2H3,(H,29,31). The van der Waals surface area contributed by atoms with Crippen molar-refractivity contribution < 1.29 is 41.4 Å². The van der Waals surface area contributed by atoms with E-state index in [2.05, 4.69) is 10.4 Å². The number of hydrogen-bond donors (Lipinski definition) is 1. The summed E-state index contributed by atoms with van der Waals surface area (Å²) in [5.41, 5.74) is -3.35. The predicted molar refractivity (Wildman–Crippen MR) is 115 cm³/mol. The fourth-order valence-corrected chi connectivity index (χ4v) is 3.16. The zero-order valence-corrected chi connectivity index (χ0v) is 18.5. The number of alkyl halides is 3. The summed E-state index contributed by atoms with van der Waals surface area (Å²) in [5, 5.41) is 5.79. The van der Waals surface area contributed by atoms with Gasteiger partial charge in [0.25, 0.3) is 5.91 Å². The van der Waals surface area contributed by atoms with Crippen molar-refractivity contribution in [2.75, 3.05) is 18.5 Å². The van der Waals surface area contributed by atoms with Gasteiger partial charge in [0.05, 0.1) is 36.1 Å². The van der Waals surface area contributed by atoms with Crippen LogP contribution in [0.2, 0.25) is 0 Å². The smallest absolute Gasteiger partial charge is 0.434 e. The van der Waals surface area contributed by atoms with Crippen molar-refractivity contribution in [2.24, 2.45) is 0 Å². The predicted octanol–water partition coefficient (Wildman–Crippen LogP) is 4.64. The highest BCUT2D eigenvalue weighted by molar-refractivity contribution is 6.06. The number of anilines is 1. The highest BCUT2D eigenvalue weighted by atomic mass is 19.4. The Morgan fingerprint density at radius 1 is 0.971 bits per heavy atom. The molecular weight excluding hydrogens is 474 g/mol. The number of nitrogens with zero attached hydrogens (tertiary/aromatic N) is 2. The molecule has 0 aliphatic rings. The van der Waals surface area contributed by atoms with Crippen LogP contribution in [0.3, 0.4) is 0 Å². The topological polar surface area (TPSA) is 99.5 Å². The summed E-state index contributed by atoms with van der Waals surface area (Å²) in [7, 11) is 0. The lowest BCUT2D eigenvalue weighted by Crippen LogP contribution is -2.21. The van der Waals surface area contributed by atoms with Gasteiger partial charge in [0.15, 0.2) is 5.69 Å². The number of benzene rings is 2. The van der Waals surface area contributed by atoms with Gasteiger partial charge in [0, 0.05) is 5.69 Å². The molecule has 2 aromatic carbocycles. The van der Waals surface area contributed by atoms with Gasteiger partial charge >= 0.3 is 18.1 Å². The van der Waals surface area contributed by atoms with Crippen LogP contribution in [0.5, 0.6) is 0 Å². The van der Waals surface area contributed by atoms with Gasteiger partial charge in [-0.3, -0.25) is 4.79 Å². The van der Waals surface area contributed by atoms with Crippen molar-refractivity contribution in [3.8, 4) is 5.69 Å². The van der Waals surface area contributed by atoms with Crippen LogP contribution >= 0.6 is 0 Å². The van der Waals surface area contributed by atoms with E-state index in [-0.39, 0.29) is 34.7 Å². The number of carbonyl (C=O) groups is 3. The molecule has 0 aliphatic carbocycles. The van der Waals surface area contributed by atoms with E-state index < -0.39 is 46.8 Å². The molecule has 0 spiro atoms. The van der Waals surface area contributed by atoms with Crippen LogP contribution in [0.15, 0.2) is 48.7 Å². The summed E-state index contributed by atoms with van der Waals surface area (Å²) in [6.45, 7) is 3.16. The van der Waals surface area contributed by atoms with E-state index in [4.69, 9.17) is 9.47 Å². The molecule has 0 atom stereocenters. The molecule has 0 radical (unpaired) electrons. The lowest BCUT2D eigenvalue weighted by Gasteiger charge is -2.14.